The van der Waals surface area contributed by atoms with Crippen LogP contribution in [0.5, 0.6) is 5.75 Å². The smallest absolute Gasteiger partial charge is 0.119 e. The number of hydrogen-bond donors (Lipinski definition) is 0. The Morgan fingerprint density at radius 3 is 2.32 bits per heavy atom. The van der Waals surface area contributed by atoms with Crippen molar-refractivity contribution >= 4 is 0 Å². The summed E-state index contributed by atoms with van der Waals surface area (Å²) in [4.78, 5) is 0. The van der Waals surface area contributed by atoms with E-state index in [1.807, 2.05) is 0 Å². The molecule has 0 aromatic heterocycles. The number of aryl methyl sites for hydroxylation is 1. The van der Waals surface area contributed by atoms with Gasteiger partial charge in [-0.15, -0.1) is 0 Å². The van der Waals surface area contributed by atoms with Gasteiger partial charge in [0.15, 0.2) is 0 Å². The summed E-state index contributed by atoms with van der Waals surface area (Å²) in [6.07, 6.45) is 6.12. The zero-order valence-electron chi connectivity index (χ0n) is 17.4. The average Bonchev–Trinajstić information content (AvgIpc) is 2.74. The second kappa shape index (κ2) is 11.2. The van der Waals surface area contributed by atoms with Gasteiger partial charge in [-0.1, -0.05) is 62.2 Å². The number of benzene rings is 2. The van der Waals surface area contributed by atoms with Gasteiger partial charge in [-0.2, -0.15) is 0 Å². The van der Waals surface area contributed by atoms with Crippen LogP contribution < -0.4 is 4.74 Å². The van der Waals surface area contributed by atoms with Crippen LogP contribution in [-0.4, -0.2) is 43.9 Å². The summed E-state index contributed by atoms with van der Waals surface area (Å²) in [5.41, 5.74) is 2.84. The lowest BCUT2D eigenvalue weighted by molar-refractivity contribution is -0.947. The molecule has 0 atom stereocenters. The van der Waals surface area contributed by atoms with E-state index in [0.717, 1.165) is 62.7 Å². The Kier molecular flexibility index (Phi) is 8.38. The highest BCUT2D eigenvalue weighted by Crippen LogP contribution is 2.19. The van der Waals surface area contributed by atoms with Crippen molar-refractivity contribution in [2.24, 2.45) is 0 Å². The Morgan fingerprint density at radius 1 is 0.857 bits per heavy atom. The third-order valence-electron chi connectivity index (χ3n) is 5.82. The van der Waals surface area contributed by atoms with Crippen LogP contribution in [0.3, 0.4) is 0 Å². The second-order valence-electron chi connectivity index (χ2n) is 8.07. The first-order chi connectivity index (χ1) is 13.8. The molecule has 3 nitrogen and oxygen atoms in total. The SMILES string of the molecule is CCCCCc1ccc(OCCC[N+]2(Cc3ccccc3)CCOCC2)cc1. The molecule has 0 radical (unpaired) electrons. The van der Waals surface area contributed by atoms with Gasteiger partial charge in [0.2, 0.25) is 0 Å². The van der Waals surface area contributed by atoms with Gasteiger partial charge in [0, 0.05) is 12.0 Å². The third-order valence-corrected chi connectivity index (χ3v) is 5.82. The first-order valence-electron chi connectivity index (χ1n) is 11.0. The molecule has 1 aliphatic rings. The summed E-state index contributed by atoms with van der Waals surface area (Å²) in [6, 6.07) is 19.6. The van der Waals surface area contributed by atoms with Crippen molar-refractivity contribution in [1.82, 2.24) is 0 Å². The predicted molar refractivity (Wildman–Crippen MR) is 116 cm³/mol. The number of unbranched alkanes of at least 4 members (excludes halogenated alkanes) is 2. The van der Waals surface area contributed by atoms with Crippen molar-refractivity contribution in [2.45, 2.75) is 45.6 Å². The minimum Gasteiger partial charge on any atom is -0.493 e. The van der Waals surface area contributed by atoms with E-state index in [9.17, 15) is 0 Å². The van der Waals surface area contributed by atoms with Crippen LogP contribution >= 0.6 is 0 Å². The van der Waals surface area contributed by atoms with Gasteiger partial charge in [0.25, 0.3) is 0 Å². The molecule has 2 aromatic carbocycles. The molecule has 28 heavy (non-hydrogen) atoms. The summed E-state index contributed by atoms with van der Waals surface area (Å²) in [7, 11) is 0. The van der Waals surface area contributed by atoms with Crippen molar-refractivity contribution in [3.05, 3.63) is 65.7 Å². The quantitative estimate of drug-likeness (QED) is 0.391. The Balaban J connectivity index is 1.45. The monoisotopic (exact) mass is 382 g/mol. The molecule has 1 heterocycles. The van der Waals surface area contributed by atoms with Gasteiger partial charge >= 0.3 is 0 Å². The van der Waals surface area contributed by atoms with E-state index >= 15 is 0 Å². The summed E-state index contributed by atoms with van der Waals surface area (Å²) in [5, 5.41) is 0. The molecule has 152 valence electrons. The van der Waals surface area contributed by atoms with Gasteiger partial charge in [-0.3, -0.25) is 0 Å². The lowest BCUT2D eigenvalue weighted by atomic mass is 10.1. The van der Waals surface area contributed by atoms with Crippen LogP contribution in [0.15, 0.2) is 54.6 Å². The van der Waals surface area contributed by atoms with E-state index in [1.165, 1.54) is 36.8 Å². The number of ether oxygens (including phenoxy) is 2. The first-order valence-corrected chi connectivity index (χ1v) is 11.0. The van der Waals surface area contributed by atoms with E-state index in [1.54, 1.807) is 0 Å². The molecule has 0 saturated carbocycles. The van der Waals surface area contributed by atoms with Crippen LogP contribution in [0.1, 0.15) is 43.7 Å². The standard InChI is InChI=1S/C25H36NO2/c1-2-3-5-9-23-12-14-25(15-13-23)28-19-8-16-26(17-20-27-21-18-26)22-24-10-6-4-7-11-24/h4,6-7,10-15H,2-3,5,8-9,16-22H2,1H3/q+1. The van der Waals surface area contributed by atoms with Crippen molar-refractivity contribution < 1.29 is 14.0 Å². The normalized spacial score (nSPS) is 16.0. The topological polar surface area (TPSA) is 18.5 Å². The van der Waals surface area contributed by atoms with Crippen LogP contribution in [-0.2, 0) is 17.7 Å². The molecule has 0 N–H and O–H groups in total. The van der Waals surface area contributed by atoms with E-state index in [0.29, 0.717) is 0 Å². The van der Waals surface area contributed by atoms with Crippen molar-refractivity contribution in [2.75, 3.05) is 39.5 Å². The van der Waals surface area contributed by atoms with Crippen molar-refractivity contribution in [1.29, 1.82) is 0 Å². The maximum absolute atomic E-state index is 6.03. The van der Waals surface area contributed by atoms with E-state index in [2.05, 4.69) is 61.5 Å². The van der Waals surface area contributed by atoms with Crippen molar-refractivity contribution in [3.63, 3.8) is 0 Å². The molecule has 0 unspecified atom stereocenters. The van der Waals surface area contributed by atoms with Crippen molar-refractivity contribution in [3.8, 4) is 5.75 Å². The van der Waals surface area contributed by atoms with Gasteiger partial charge in [0.05, 0.1) is 26.4 Å². The number of quaternary nitrogens is 1. The first kappa shape index (κ1) is 20.9. The Morgan fingerprint density at radius 2 is 1.61 bits per heavy atom. The highest BCUT2D eigenvalue weighted by Gasteiger charge is 2.30. The Hall–Kier alpha value is -1.84. The highest BCUT2D eigenvalue weighted by molar-refractivity contribution is 5.27. The maximum atomic E-state index is 6.03. The van der Waals surface area contributed by atoms with E-state index < -0.39 is 0 Å². The molecule has 3 rings (SSSR count). The van der Waals surface area contributed by atoms with Gasteiger partial charge in [-0.05, 0) is 30.5 Å². The molecule has 0 aliphatic carbocycles. The fourth-order valence-corrected chi connectivity index (χ4v) is 4.08. The molecular formula is C25H36NO2+. The lowest BCUT2D eigenvalue weighted by Crippen LogP contribution is -2.55. The van der Waals surface area contributed by atoms with Gasteiger partial charge in [-0.25, -0.2) is 0 Å². The Labute approximate surface area is 170 Å². The molecule has 1 aliphatic heterocycles. The molecule has 0 spiro atoms. The van der Waals surface area contributed by atoms with Crippen LogP contribution in [0.25, 0.3) is 0 Å². The largest absolute Gasteiger partial charge is 0.493 e. The number of rotatable bonds is 11. The summed E-state index contributed by atoms with van der Waals surface area (Å²) < 4.78 is 12.8. The fraction of sp³-hybridized carbons (Fsp3) is 0.520. The highest BCUT2D eigenvalue weighted by atomic mass is 16.5. The minimum absolute atomic E-state index is 0.783. The lowest BCUT2D eigenvalue weighted by Gasteiger charge is -2.41. The molecule has 2 aromatic rings. The molecule has 1 saturated heterocycles. The molecule has 3 heteroatoms. The molecule has 1 fully saturated rings. The second-order valence-corrected chi connectivity index (χ2v) is 8.07. The van der Waals surface area contributed by atoms with Crippen LogP contribution in [0.4, 0.5) is 0 Å². The van der Waals surface area contributed by atoms with Gasteiger partial charge < -0.3 is 14.0 Å². The van der Waals surface area contributed by atoms with Crippen LogP contribution in [0.2, 0.25) is 0 Å². The van der Waals surface area contributed by atoms with Crippen LogP contribution in [0, 0.1) is 0 Å². The molecule has 0 amide bonds. The number of nitrogens with zero attached hydrogens (tertiary/aromatic N) is 1. The molecular weight excluding hydrogens is 346 g/mol. The predicted octanol–water partition coefficient (Wildman–Crippen LogP) is 5.24. The zero-order chi connectivity index (χ0) is 19.5. The average molecular weight is 383 g/mol. The minimum atomic E-state index is 0.783. The van der Waals surface area contributed by atoms with E-state index in [-0.39, 0.29) is 0 Å². The van der Waals surface area contributed by atoms with Gasteiger partial charge in [0.1, 0.15) is 25.4 Å². The van der Waals surface area contributed by atoms with E-state index in [4.69, 9.17) is 9.47 Å². The molecule has 0 bridgehead atoms. The Bertz CT molecular complexity index is 663. The summed E-state index contributed by atoms with van der Waals surface area (Å²) in [5.74, 6) is 0.996. The zero-order valence-corrected chi connectivity index (χ0v) is 17.4. The fourth-order valence-electron chi connectivity index (χ4n) is 4.08. The number of hydrogen-bond acceptors (Lipinski definition) is 2. The maximum Gasteiger partial charge on any atom is 0.119 e. The summed E-state index contributed by atoms with van der Waals surface area (Å²) in [6.45, 7) is 9.21. The third kappa shape index (κ3) is 6.65. The number of morpholine rings is 1. The summed E-state index contributed by atoms with van der Waals surface area (Å²) >= 11 is 0.